The lowest BCUT2D eigenvalue weighted by Crippen LogP contribution is -2.15. The molecule has 3 rings (SSSR count). The van der Waals surface area contributed by atoms with Crippen LogP contribution in [0.3, 0.4) is 0 Å². The van der Waals surface area contributed by atoms with Crippen molar-refractivity contribution < 1.29 is 9.18 Å². The molecular formula is C18H14FN3OS. The minimum atomic E-state index is -0.460. The van der Waals surface area contributed by atoms with Crippen molar-refractivity contribution in [1.29, 1.82) is 0 Å². The molecule has 1 amide bonds. The zero-order valence-corrected chi connectivity index (χ0v) is 13.5. The summed E-state index contributed by atoms with van der Waals surface area (Å²) in [6.45, 7) is 0. The van der Waals surface area contributed by atoms with E-state index in [0.29, 0.717) is 5.16 Å². The Morgan fingerprint density at radius 1 is 1.04 bits per heavy atom. The average Bonchev–Trinajstić information content (AvgIpc) is 2.63. The quantitative estimate of drug-likeness (QED) is 0.564. The van der Waals surface area contributed by atoms with Crippen molar-refractivity contribution in [2.75, 3.05) is 11.1 Å². The molecule has 0 aliphatic heterocycles. The fraction of sp³-hybridized carbons (Fsp3) is 0.0556. The highest BCUT2D eigenvalue weighted by Crippen LogP contribution is 2.20. The summed E-state index contributed by atoms with van der Waals surface area (Å²) in [5.41, 5.74) is 1.95. The maximum Gasteiger partial charge on any atom is 0.234 e. The summed E-state index contributed by atoms with van der Waals surface area (Å²) in [5, 5.41) is 3.04. The van der Waals surface area contributed by atoms with Crippen molar-refractivity contribution in [3.8, 4) is 11.3 Å². The van der Waals surface area contributed by atoms with Crippen molar-refractivity contribution in [3.63, 3.8) is 0 Å². The standard InChI is InChI=1S/C18H14FN3OS/c19-14-8-4-5-9-16(14)21-17(23)12-24-18-20-11-10-15(22-18)13-6-2-1-3-7-13/h1-11H,12H2,(H,21,23). The number of halogens is 1. The summed E-state index contributed by atoms with van der Waals surface area (Å²) >= 11 is 1.21. The average molecular weight is 339 g/mol. The summed E-state index contributed by atoms with van der Waals surface area (Å²) in [6, 6.07) is 17.6. The molecular weight excluding hydrogens is 325 g/mol. The first-order valence-corrected chi connectivity index (χ1v) is 8.26. The van der Waals surface area contributed by atoms with Crippen molar-refractivity contribution in [2.45, 2.75) is 5.16 Å². The first-order valence-electron chi connectivity index (χ1n) is 7.28. The number of carbonyl (C=O) groups excluding carboxylic acids is 1. The molecule has 1 heterocycles. The molecule has 0 saturated heterocycles. The first-order chi connectivity index (χ1) is 11.7. The molecule has 24 heavy (non-hydrogen) atoms. The lowest BCUT2D eigenvalue weighted by atomic mass is 10.1. The number of para-hydroxylation sites is 1. The fourth-order valence-corrected chi connectivity index (χ4v) is 2.69. The van der Waals surface area contributed by atoms with Gasteiger partial charge in [0, 0.05) is 11.8 Å². The zero-order chi connectivity index (χ0) is 16.8. The van der Waals surface area contributed by atoms with E-state index in [0.717, 1.165) is 11.3 Å². The molecule has 0 unspecified atom stereocenters. The van der Waals surface area contributed by atoms with Gasteiger partial charge in [-0.2, -0.15) is 0 Å². The highest BCUT2D eigenvalue weighted by molar-refractivity contribution is 7.99. The number of hydrogen-bond donors (Lipinski definition) is 1. The molecule has 6 heteroatoms. The smallest absolute Gasteiger partial charge is 0.234 e. The van der Waals surface area contributed by atoms with Gasteiger partial charge < -0.3 is 5.32 Å². The van der Waals surface area contributed by atoms with E-state index in [9.17, 15) is 9.18 Å². The third-order valence-electron chi connectivity index (χ3n) is 3.18. The second-order valence-electron chi connectivity index (χ2n) is 4.91. The summed E-state index contributed by atoms with van der Waals surface area (Å²) in [7, 11) is 0. The molecule has 1 aromatic heterocycles. The van der Waals surface area contributed by atoms with Crippen LogP contribution in [0.15, 0.2) is 72.0 Å². The fourth-order valence-electron chi connectivity index (χ4n) is 2.06. The van der Waals surface area contributed by atoms with Gasteiger partial charge in [0.2, 0.25) is 5.91 Å². The number of aromatic nitrogens is 2. The summed E-state index contributed by atoms with van der Waals surface area (Å²) < 4.78 is 13.5. The van der Waals surface area contributed by atoms with Crippen LogP contribution in [-0.2, 0) is 4.79 Å². The van der Waals surface area contributed by atoms with E-state index in [2.05, 4.69) is 15.3 Å². The maximum absolute atomic E-state index is 13.5. The summed E-state index contributed by atoms with van der Waals surface area (Å²) in [4.78, 5) is 20.5. The molecule has 0 aliphatic rings. The van der Waals surface area contributed by atoms with E-state index in [1.165, 1.54) is 23.9 Å². The second kappa shape index (κ2) is 7.70. The van der Waals surface area contributed by atoms with Crippen LogP contribution in [0.4, 0.5) is 10.1 Å². The third kappa shape index (κ3) is 4.17. The van der Waals surface area contributed by atoms with Crippen LogP contribution in [0.25, 0.3) is 11.3 Å². The predicted molar refractivity (Wildman–Crippen MR) is 93.2 cm³/mol. The van der Waals surface area contributed by atoms with Gasteiger partial charge in [-0.15, -0.1) is 0 Å². The topological polar surface area (TPSA) is 54.9 Å². The van der Waals surface area contributed by atoms with Crippen molar-refractivity contribution in [2.24, 2.45) is 0 Å². The lowest BCUT2D eigenvalue weighted by Gasteiger charge is -2.06. The largest absolute Gasteiger partial charge is 0.323 e. The Bertz CT molecular complexity index is 842. The third-order valence-corrected chi connectivity index (χ3v) is 4.04. The van der Waals surface area contributed by atoms with Gasteiger partial charge in [0.15, 0.2) is 5.16 Å². The predicted octanol–water partition coefficient (Wildman–Crippen LogP) is 4.01. The van der Waals surface area contributed by atoms with Gasteiger partial charge in [0.1, 0.15) is 5.82 Å². The van der Waals surface area contributed by atoms with Crippen LogP contribution >= 0.6 is 11.8 Å². The molecule has 1 N–H and O–H groups in total. The Hall–Kier alpha value is -2.73. The Kier molecular flexibility index (Phi) is 5.18. The molecule has 0 saturated carbocycles. The van der Waals surface area contributed by atoms with Crippen LogP contribution in [0.1, 0.15) is 0 Å². The number of anilines is 1. The number of benzene rings is 2. The highest BCUT2D eigenvalue weighted by Gasteiger charge is 2.09. The monoisotopic (exact) mass is 339 g/mol. The molecule has 0 radical (unpaired) electrons. The number of rotatable bonds is 5. The first kappa shape index (κ1) is 16.1. The summed E-state index contributed by atoms with van der Waals surface area (Å²) in [5.74, 6) is -0.663. The molecule has 0 atom stereocenters. The van der Waals surface area contributed by atoms with E-state index in [1.54, 1.807) is 18.3 Å². The Morgan fingerprint density at radius 2 is 1.79 bits per heavy atom. The minimum Gasteiger partial charge on any atom is -0.323 e. The van der Waals surface area contributed by atoms with Crippen molar-refractivity contribution >= 4 is 23.4 Å². The zero-order valence-electron chi connectivity index (χ0n) is 12.6. The Morgan fingerprint density at radius 3 is 2.58 bits per heavy atom. The van der Waals surface area contributed by atoms with Crippen molar-refractivity contribution in [1.82, 2.24) is 9.97 Å². The van der Waals surface area contributed by atoms with E-state index < -0.39 is 5.82 Å². The van der Waals surface area contributed by atoms with Crippen molar-refractivity contribution in [3.05, 3.63) is 72.7 Å². The van der Waals surface area contributed by atoms with Gasteiger partial charge in [0.05, 0.1) is 17.1 Å². The van der Waals surface area contributed by atoms with Gasteiger partial charge in [-0.3, -0.25) is 4.79 Å². The van der Waals surface area contributed by atoms with Crippen LogP contribution in [0, 0.1) is 5.82 Å². The molecule has 0 bridgehead atoms. The van der Waals surface area contributed by atoms with Crippen LogP contribution in [-0.4, -0.2) is 21.6 Å². The van der Waals surface area contributed by atoms with Crippen LogP contribution in [0.5, 0.6) is 0 Å². The minimum absolute atomic E-state index is 0.104. The van der Waals surface area contributed by atoms with Gasteiger partial charge in [-0.25, -0.2) is 14.4 Å². The molecule has 0 spiro atoms. The van der Waals surface area contributed by atoms with Crippen LogP contribution in [0.2, 0.25) is 0 Å². The van der Waals surface area contributed by atoms with E-state index >= 15 is 0 Å². The van der Waals surface area contributed by atoms with E-state index in [4.69, 9.17) is 0 Å². The van der Waals surface area contributed by atoms with E-state index in [1.807, 2.05) is 36.4 Å². The van der Waals surface area contributed by atoms with Crippen LogP contribution < -0.4 is 5.32 Å². The van der Waals surface area contributed by atoms with Gasteiger partial charge >= 0.3 is 0 Å². The Balaban J connectivity index is 1.63. The summed E-state index contributed by atoms with van der Waals surface area (Å²) in [6.07, 6.45) is 1.66. The van der Waals surface area contributed by atoms with Gasteiger partial charge in [-0.05, 0) is 18.2 Å². The second-order valence-corrected chi connectivity index (χ2v) is 5.85. The molecule has 0 fully saturated rings. The number of hydrogen-bond acceptors (Lipinski definition) is 4. The molecule has 120 valence electrons. The molecule has 4 nitrogen and oxygen atoms in total. The van der Waals surface area contributed by atoms with Gasteiger partial charge in [-0.1, -0.05) is 54.2 Å². The SMILES string of the molecule is O=C(CSc1nccc(-c2ccccc2)n1)Nc1ccccc1F. The number of carbonyl (C=O) groups is 1. The highest BCUT2D eigenvalue weighted by atomic mass is 32.2. The number of nitrogens with one attached hydrogen (secondary N) is 1. The Labute approximate surface area is 143 Å². The molecule has 2 aromatic carbocycles. The van der Waals surface area contributed by atoms with Gasteiger partial charge in [0.25, 0.3) is 0 Å². The maximum atomic E-state index is 13.5. The number of thioether (sulfide) groups is 1. The molecule has 0 aliphatic carbocycles. The number of nitrogens with zero attached hydrogens (tertiary/aromatic N) is 2. The number of amides is 1. The van der Waals surface area contributed by atoms with E-state index in [-0.39, 0.29) is 17.3 Å². The molecule has 3 aromatic rings. The lowest BCUT2D eigenvalue weighted by molar-refractivity contribution is -0.113. The normalized spacial score (nSPS) is 10.4.